The highest BCUT2D eigenvalue weighted by atomic mass is 79.9. The molecule has 0 saturated heterocycles. The van der Waals surface area contributed by atoms with Crippen LogP contribution in [0.4, 0.5) is 0 Å². The van der Waals surface area contributed by atoms with Gasteiger partial charge in [0.2, 0.25) is 0 Å². The summed E-state index contributed by atoms with van der Waals surface area (Å²) in [4.78, 5) is 10.3. The van der Waals surface area contributed by atoms with E-state index in [-0.39, 0.29) is 6.42 Å². The molecule has 0 bridgehead atoms. The van der Waals surface area contributed by atoms with Crippen molar-refractivity contribution in [2.45, 2.75) is 32.1 Å². The number of halogens is 2. The number of ether oxygens (including phenoxy) is 1. The molecule has 0 radical (unpaired) electrons. The Balaban J connectivity index is 2.12. The Labute approximate surface area is 124 Å². The molecule has 0 aromatic heterocycles. The number of carboxylic acids is 1. The SMILES string of the molecule is O=C(O)CCCCCCOc1ccc(Br)cc1Br. The summed E-state index contributed by atoms with van der Waals surface area (Å²) >= 11 is 6.82. The first kappa shape index (κ1) is 15.5. The van der Waals surface area contributed by atoms with Crippen LogP contribution in [-0.2, 0) is 4.79 Å². The van der Waals surface area contributed by atoms with Crippen molar-refractivity contribution in [3.8, 4) is 5.75 Å². The summed E-state index contributed by atoms with van der Waals surface area (Å²) in [6.07, 6.45) is 3.90. The number of aliphatic carboxylic acids is 1. The molecule has 1 aromatic carbocycles. The summed E-state index contributed by atoms with van der Waals surface area (Å²) in [5.41, 5.74) is 0. The lowest BCUT2D eigenvalue weighted by molar-refractivity contribution is -0.137. The zero-order valence-corrected chi connectivity index (χ0v) is 13.2. The number of carboxylic acid groups (broad SMARTS) is 1. The lowest BCUT2D eigenvalue weighted by Crippen LogP contribution is -1.98. The van der Waals surface area contributed by atoms with E-state index >= 15 is 0 Å². The van der Waals surface area contributed by atoms with Crippen molar-refractivity contribution < 1.29 is 14.6 Å². The molecule has 1 rings (SSSR count). The van der Waals surface area contributed by atoms with Gasteiger partial charge in [-0.05, 0) is 47.0 Å². The minimum absolute atomic E-state index is 0.263. The molecule has 1 aromatic rings. The maximum atomic E-state index is 10.3. The van der Waals surface area contributed by atoms with Crippen LogP contribution in [0.5, 0.6) is 5.75 Å². The van der Waals surface area contributed by atoms with Crippen LogP contribution in [0.15, 0.2) is 27.1 Å². The van der Waals surface area contributed by atoms with Crippen LogP contribution in [0.1, 0.15) is 32.1 Å². The summed E-state index contributed by atoms with van der Waals surface area (Å²) in [7, 11) is 0. The van der Waals surface area contributed by atoms with E-state index in [0.717, 1.165) is 40.4 Å². The van der Waals surface area contributed by atoms with Crippen LogP contribution in [0.25, 0.3) is 0 Å². The highest BCUT2D eigenvalue weighted by Gasteiger charge is 2.01. The molecular formula is C13H16Br2O3. The van der Waals surface area contributed by atoms with Gasteiger partial charge in [0.1, 0.15) is 5.75 Å². The van der Waals surface area contributed by atoms with Crippen molar-refractivity contribution in [3.05, 3.63) is 27.1 Å². The molecular weight excluding hydrogens is 364 g/mol. The van der Waals surface area contributed by atoms with E-state index in [2.05, 4.69) is 31.9 Å². The van der Waals surface area contributed by atoms with E-state index in [0.29, 0.717) is 6.61 Å². The largest absolute Gasteiger partial charge is 0.492 e. The smallest absolute Gasteiger partial charge is 0.303 e. The van der Waals surface area contributed by atoms with Crippen molar-refractivity contribution in [1.29, 1.82) is 0 Å². The Kier molecular flexibility index (Phi) is 7.35. The third-order valence-corrected chi connectivity index (χ3v) is 3.55. The highest BCUT2D eigenvalue weighted by molar-refractivity contribution is 9.11. The third-order valence-electron chi connectivity index (χ3n) is 2.44. The number of rotatable bonds is 8. The predicted octanol–water partition coefficient (Wildman–Crippen LogP) is 4.63. The normalized spacial score (nSPS) is 10.3. The van der Waals surface area contributed by atoms with Gasteiger partial charge >= 0.3 is 5.97 Å². The standard InChI is InChI=1S/C13H16Br2O3/c14-10-6-7-12(11(15)9-10)18-8-4-2-1-3-5-13(16)17/h6-7,9H,1-5,8H2,(H,16,17). The Bertz CT molecular complexity index is 394. The van der Waals surface area contributed by atoms with Gasteiger partial charge in [-0.3, -0.25) is 4.79 Å². The molecule has 0 fully saturated rings. The van der Waals surface area contributed by atoms with Gasteiger partial charge < -0.3 is 9.84 Å². The molecule has 5 heteroatoms. The predicted molar refractivity (Wildman–Crippen MR) is 78.1 cm³/mol. The van der Waals surface area contributed by atoms with Crippen molar-refractivity contribution in [2.24, 2.45) is 0 Å². The molecule has 0 aliphatic rings. The van der Waals surface area contributed by atoms with Crippen LogP contribution in [0, 0.1) is 0 Å². The minimum atomic E-state index is -0.718. The number of hydrogen-bond acceptors (Lipinski definition) is 2. The van der Waals surface area contributed by atoms with Gasteiger partial charge in [0.15, 0.2) is 0 Å². The summed E-state index contributed by atoms with van der Waals surface area (Å²) < 4.78 is 7.58. The highest BCUT2D eigenvalue weighted by Crippen LogP contribution is 2.28. The molecule has 0 unspecified atom stereocenters. The first-order chi connectivity index (χ1) is 8.59. The fourth-order valence-electron chi connectivity index (χ4n) is 1.51. The number of unbranched alkanes of at least 4 members (excludes halogenated alkanes) is 3. The van der Waals surface area contributed by atoms with Crippen LogP contribution >= 0.6 is 31.9 Å². The number of benzene rings is 1. The van der Waals surface area contributed by atoms with Crippen molar-refractivity contribution in [2.75, 3.05) is 6.61 Å². The molecule has 0 saturated carbocycles. The van der Waals surface area contributed by atoms with Crippen molar-refractivity contribution in [3.63, 3.8) is 0 Å². The van der Waals surface area contributed by atoms with Crippen LogP contribution in [-0.4, -0.2) is 17.7 Å². The summed E-state index contributed by atoms with van der Waals surface area (Å²) in [5, 5.41) is 8.48. The molecule has 0 heterocycles. The van der Waals surface area contributed by atoms with E-state index in [1.165, 1.54) is 0 Å². The van der Waals surface area contributed by atoms with E-state index in [1.54, 1.807) is 0 Å². The maximum Gasteiger partial charge on any atom is 0.303 e. The van der Waals surface area contributed by atoms with Gasteiger partial charge in [0.25, 0.3) is 0 Å². The average molecular weight is 380 g/mol. The molecule has 18 heavy (non-hydrogen) atoms. The molecule has 1 N–H and O–H groups in total. The second-order valence-corrected chi connectivity index (χ2v) is 5.75. The molecule has 3 nitrogen and oxygen atoms in total. The fraction of sp³-hybridized carbons (Fsp3) is 0.462. The van der Waals surface area contributed by atoms with Gasteiger partial charge in [0.05, 0.1) is 11.1 Å². The Hall–Kier alpha value is -0.550. The Morgan fingerprint density at radius 1 is 1.17 bits per heavy atom. The van der Waals surface area contributed by atoms with Crippen molar-refractivity contribution in [1.82, 2.24) is 0 Å². The van der Waals surface area contributed by atoms with Crippen LogP contribution < -0.4 is 4.74 Å². The zero-order chi connectivity index (χ0) is 13.4. The van der Waals surface area contributed by atoms with Crippen LogP contribution in [0.3, 0.4) is 0 Å². The Morgan fingerprint density at radius 2 is 1.89 bits per heavy atom. The topological polar surface area (TPSA) is 46.5 Å². The molecule has 0 atom stereocenters. The third kappa shape index (κ3) is 6.40. The maximum absolute atomic E-state index is 10.3. The molecule has 100 valence electrons. The van der Waals surface area contributed by atoms with Gasteiger partial charge in [0, 0.05) is 10.9 Å². The van der Waals surface area contributed by atoms with Gasteiger partial charge in [-0.15, -0.1) is 0 Å². The van der Waals surface area contributed by atoms with Crippen LogP contribution in [0.2, 0.25) is 0 Å². The van der Waals surface area contributed by atoms with E-state index in [9.17, 15) is 4.79 Å². The molecule has 0 spiro atoms. The quantitative estimate of drug-likeness (QED) is 0.670. The Morgan fingerprint density at radius 3 is 2.56 bits per heavy atom. The first-order valence-corrected chi connectivity index (χ1v) is 7.48. The summed E-state index contributed by atoms with van der Waals surface area (Å²) in [6.45, 7) is 0.660. The summed E-state index contributed by atoms with van der Waals surface area (Å²) in [6, 6.07) is 5.80. The minimum Gasteiger partial charge on any atom is -0.492 e. The van der Waals surface area contributed by atoms with E-state index in [4.69, 9.17) is 9.84 Å². The molecule has 0 aliphatic carbocycles. The monoisotopic (exact) mass is 378 g/mol. The van der Waals surface area contributed by atoms with E-state index < -0.39 is 5.97 Å². The second kappa shape index (κ2) is 8.53. The van der Waals surface area contributed by atoms with E-state index in [1.807, 2.05) is 18.2 Å². The lowest BCUT2D eigenvalue weighted by atomic mass is 10.1. The van der Waals surface area contributed by atoms with Crippen molar-refractivity contribution >= 4 is 37.8 Å². The fourth-order valence-corrected chi connectivity index (χ4v) is 2.67. The molecule has 0 amide bonds. The van der Waals surface area contributed by atoms with Gasteiger partial charge in [-0.1, -0.05) is 28.8 Å². The number of carbonyl (C=O) groups is 1. The zero-order valence-electron chi connectivity index (χ0n) is 9.99. The second-order valence-electron chi connectivity index (χ2n) is 3.98. The average Bonchev–Trinajstić information content (AvgIpc) is 2.30. The number of hydrogen-bond donors (Lipinski definition) is 1. The lowest BCUT2D eigenvalue weighted by Gasteiger charge is -2.08. The molecule has 0 aliphatic heterocycles. The van der Waals surface area contributed by atoms with Gasteiger partial charge in [-0.25, -0.2) is 0 Å². The first-order valence-electron chi connectivity index (χ1n) is 5.89. The summed E-state index contributed by atoms with van der Waals surface area (Å²) in [5.74, 6) is 0.119. The van der Waals surface area contributed by atoms with Gasteiger partial charge in [-0.2, -0.15) is 0 Å².